The zero-order chi connectivity index (χ0) is 16.2. The first-order chi connectivity index (χ1) is 10.3. The van der Waals surface area contributed by atoms with E-state index in [0.29, 0.717) is 11.6 Å². The Labute approximate surface area is 129 Å². The predicted octanol–water partition coefficient (Wildman–Crippen LogP) is 2.52. The van der Waals surface area contributed by atoms with Crippen LogP contribution < -0.4 is 5.32 Å². The first-order valence-electron chi connectivity index (χ1n) is 6.97. The summed E-state index contributed by atoms with van der Waals surface area (Å²) in [5, 5.41) is 18.7. The molecule has 0 spiro atoms. The molecule has 0 aliphatic rings. The zero-order valence-electron chi connectivity index (χ0n) is 13.1. The summed E-state index contributed by atoms with van der Waals surface area (Å²) in [4.78, 5) is 11.7. The van der Waals surface area contributed by atoms with Crippen LogP contribution in [0.1, 0.15) is 39.6 Å². The van der Waals surface area contributed by atoms with Crippen LogP contribution in [0, 0.1) is 0 Å². The lowest BCUT2D eigenvalue weighted by Gasteiger charge is -2.21. The van der Waals surface area contributed by atoms with E-state index >= 15 is 0 Å². The van der Waals surface area contributed by atoms with Crippen molar-refractivity contribution in [2.75, 3.05) is 0 Å². The van der Waals surface area contributed by atoms with Crippen LogP contribution in [0.4, 0.5) is 4.79 Å². The molecule has 0 bridgehead atoms. The molecule has 1 heterocycles. The quantitative estimate of drug-likeness (QED) is 0.937. The van der Waals surface area contributed by atoms with Crippen molar-refractivity contribution in [3.63, 3.8) is 0 Å². The van der Waals surface area contributed by atoms with E-state index in [1.54, 1.807) is 27.7 Å². The van der Waals surface area contributed by atoms with Gasteiger partial charge in [-0.2, -0.15) is 0 Å². The number of nitrogens with zero attached hydrogens (tertiary/aromatic N) is 4. The zero-order valence-corrected chi connectivity index (χ0v) is 13.1. The van der Waals surface area contributed by atoms with E-state index in [2.05, 4.69) is 25.7 Å². The van der Waals surface area contributed by atoms with Crippen molar-refractivity contribution in [3.05, 3.63) is 36.2 Å². The number of hydrogen-bond donors (Lipinski definition) is 1. The van der Waals surface area contributed by atoms with Crippen molar-refractivity contribution in [2.45, 2.75) is 39.3 Å². The van der Waals surface area contributed by atoms with E-state index in [1.807, 2.05) is 30.3 Å². The maximum atomic E-state index is 11.7. The van der Waals surface area contributed by atoms with Gasteiger partial charge in [-0.15, -0.1) is 20.4 Å². The molecule has 1 amide bonds. The van der Waals surface area contributed by atoms with Crippen molar-refractivity contribution in [1.29, 1.82) is 0 Å². The van der Waals surface area contributed by atoms with Gasteiger partial charge in [0.05, 0.1) is 6.04 Å². The molecule has 1 aromatic heterocycles. The van der Waals surface area contributed by atoms with Gasteiger partial charge in [-0.05, 0) is 27.7 Å². The van der Waals surface area contributed by atoms with Crippen molar-refractivity contribution in [1.82, 2.24) is 25.7 Å². The topological polar surface area (TPSA) is 89.9 Å². The summed E-state index contributed by atoms with van der Waals surface area (Å²) < 4.78 is 5.18. The standard InChI is InChI=1S/C15H19N5O2/c1-10(16-14(21)22-15(2,3)4)12-17-19-13(20-18-12)11-8-6-5-7-9-11/h5-10H,1-4H3,(H,16,21). The van der Waals surface area contributed by atoms with Gasteiger partial charge in [0.1, 0.15) is 5.60 Å². The molecule has 7 nitrogen and oxygen atoms in total. The molecular formula is C15H19N5O2. The van der Waals surface area contributed by atoms with Crippen molar-refractivity contribution in [3.8, 4) is 11.4 Å². The Bertz CT molecular complexity index is 623. The van der Waals surface area contributed by atoms with E-state index in [1.165, 1.54) is 0 Å². The summed E-state index contributed by atoms with van der Waals surface area (Å²) in [5.41, 5.74) is 0.278. The summed E-state index contributed by atoms with van der Waals surface area (Å²) in [6.45, 7) is 7.13. The third-order valence-electron chi connectivity index (χ3n) is 2.65. The minimum atomic E-state index is -0.557. The maximum Gasteiger partial charge on any atom is 0.408 e. The number of nitrogens with one attached hydrogen (secondary N) is 1. The average Bonchev–Trinajstić information content (AvgIpc) is 2.46. The van der Waals surface area contributed by atoms with Crippen LogP contribution in [0.5, 0.6) is 0 Å². The van der Waals surface area contributed by atoms with Gasteiger partial charge in [-0.3, -0.25) is 0 Å². The lowest BCUT2D eigenvalue weighted by atomic mass is 10.2. The molecule has 116 valence electrons. The van der Waals surface area contributed by atoms with Crippen LogP contribution in [-0.4, -0.2) is 32.1 Å². The Kier molecular flexibility index (Phi) is 4.65. The number of benzene rings is 1. The molecule has 1 atom stereocenters. The van der Waals surface area contributed by atoms with E-state index in [4.69, 9.17) is 4.74 Å². The molecule has 22 heavy (non-hydrogen) atoms. The van der Waals surface area contributed by atoms with Crippen LogP contribution in [0.25, 0.3) is 11.4 Å². The lowest BCUT2D eigenvalue weighted by molar-refractivity contribution is 0.0505. The summed E-state index contributed by atoms with van der Waals surface area (Å²) in [6, 6.07) is 8.99. The second-order valence-corrected chi connectivity index (χ2v) is 5.82. The lowest BCUT2D eigenvalue weighted by Crippen LogP contribution is -2.34. The molecule has 2 aromatic rings. The molecule has 1 aromatic carbocycles. The largest absolute Gasteiger partial charge is 0.444 e. The predicted molar refractivity (Wildman–Crippen MR) is 80.8 cm³/mol. The van der Waals surface area contributed by atoms with Crippen molar-refractivity contribution < 1.29 is 9.53 Å². The number of hydrogen-bond acceptors (Lipinski definition) is 6. The molecule has 1 unspecified atom stereocenters. The summed E-state index contributed by atoms with van der Waals surface area (Å²) in [6.07, 6.45) is -0.532. The third-order valence-corrected chi connectivity index (χ3v) is 2.65. The van der Waals surface area contributed by atoms with Gasteiger partial charge in [0.2, 0.25) is 5.82 Å². The first kappa shape index (κ1) is 15.8. The highest BCUT2D eigenvalue weighted by atomic mass is 16.6. The second kappa shape index (κ2) is 6.46. The van der Waals surface area contributed by atoms with Gasteiger partial charge in [0.25, 0.3) is 0 Å². The fourth-order valence-corrected chi connectivity index (χ4v) is 1.66. The maximum absolute atomic E-state index is 11.7. The van der Waals surface area contributed by atoms with E-state index in [9.17, 15) is 4.79 Å². The SMILES string of the molecule is CC(NC(=O)OC(C)(C)C)c1nnc(-c2ccccc2)nn1. The molecule has 7 heteroatoms. The molecule has 2 rings (SSSR count). The number of carbonyl (C=O) groups excluding carboxylic acids is 1. The van der Waals surface area contributed by atoms with Gasteiger partial charge >= 0.3 is 6.09 Å². The minimum Gasteiger partial charge on any atom is -0.444 e. The van der Waals surface area contributed by atoms with Crippen molar-refractivity contribution in [2.24, 2.45) is 0 Å². The van der Waals surface area contributed by atoms with Crippen molar-refractivity contribution >= 4 is 6.09 Å². The fraction of sp³-hybridized carbons (Fsp3) is 0.400. The first-order valence-corrected chi connectivity index (χ1v) is 6.97. The number of ether oxygens (including phenoxy) is 1. The van der Waals surface area contributed by atoms with E-state index < -0.39 is 17.7 Å². The Morgan fingerprint density at radius 1 is 1.09 bits per heavy atom. The number of rotatable bonds is 3. The van der Waals surface area contributed by atoms with Gasteiger partial charge in [-0.25, -0.2) is 4.79 Å². The Balaban J connectivity index is 2.02. The third kappa shape index (κ3) is 4.47. The normalized spacial score (nSPS) is 12.5. The number of aromatic nitrogens is 4. The molecular weight excluding hydrogens is 282 g/mol. The Morgan fingerprint density at radius 3 is 2.23 bits per heavy atom. The minimum absolute atomic E-state index is 0.325. The number of alkyl carbamates (subject to hydrolysis) is 1. The molecule has 1 N–H and O–H groups in total. The van der Waals surface area contributed by atoms with Crippen LogP contribution in [0.3, 0.4) is 0 Å². The van der Waals surface area contributed by atoms with E-state index in [-0.39, 0.29) is 0 Å². The molecule has 0 saturated heterocycles. The molecule has 0 aliphatic heterocycles. The van der Waals surface area contributed by atoms with Crippen LogP contribution in [-0.2, 0) is 4.74 Å². The van der Waals surface area contributed by atoms with Gasteiger partial charge < -0.3 is 10.1 Å². The average molecular weight is 301 g/mol. The Hall–Kier alpha value is -2.57. The Morgan fingerprint density at radius 2 is 1.68 bits per heavy atom. The molecule has 0 aliphatic carbocycles. The monoisotopic (exact) mass is 301 g/mol. The highest BCUT2D eigenvalue weighted by molar-refractivity contribution is 5.68. The molecule has 0 radical (unpaired) electrons. The van der Waals surface area contributed by atoms with Gasteiger partial charge in [-0.1, -0.05) is 30.3 Å². The van der Waals surface area contributed by atoms with Crippen LogP contribution in [0.15, 0.2) is 30.3 Å². The smallest absolute Gasteiger partial charge is 0.408 e. The van der Waals surface area contributed by atoms with E-state index in [0.717, 1.165) is 5.56 Å². The highest BCUT2D eigenvalue weighted by Crippen LogP contribution is 2.13. The fourth-order valence-electron chi connectivity index (χ4n) is 1.66. The summed E-state index contributed by atoms with van der Waals surface area (Å²) in [5.74, 6) is 0.763. The number of amides is 1. The summed E-state index contributed by atoms with van der Waals surface area (Å²) in [7, 11) is 0. The van der Waals surface area contributed by atoms with Gasteiger partial charge in [0, 0.05) is 5.56 Å². The molecule has 0 saturated carbocycles. The second-order valence-electron chi connectivity index (χ2n) is 5.82. The van der Waals surface area contributed by atoms with Crippen LogP contribution >= 0.6 is 0 Å². The van der Waals surface area contributed by atoms with Crippen LogP contribution in [0.2, 0.25) is 0 Å². The molecule has 0 fully saturated rings. The number of carbonyl (C=O) groups is 1. The van der Waals surface area contributed by atoms with Gasteiger partial charge in [0.15, 0.2) is 5.82 Å². The summed E-state index contributed by atoms with van der Waals surface area (Å²) >= 11 is 0. The highest BCUT2D eigenvalue weighted by Gasteiger charge is 2.20.